The van der Waals surface area contributed by atoms with Gasteiger partial charge in [-0.1, -0.05) is 29.8 Å². The first-order valence-corrected chi connectivity index (χ1v) is 8.91. The number of benzene rings is 2. The third kappa shape index (κ3) is 5.46. The zero-order valence-corrected chi connectivity index (χ0v) is 15.7. The molecule has 1 amide bonds. The summed E-state index contributed by atoms with van der Waals surface area (Å²) >= 11 is 5.88. The number of hydrogen-bond donors (Lipinski definition) is 2. The maximum absolute atomic E-state index is 12.4. The second-order valence-corrected chi connectivity index (χ2v) is 6.36. The van der Waals surface area contributed by atoms with Gasteiger partial charge in [0.2, 0.25) is 0 Å². The van der Waals surface area contributed by atoms with E-state index in [4.69, 9.17) is 16.3 Å². The van der Waals surface area contributed by atoms with Crippen LogP contribution in [0.2, 0.25) is 5.02 Å². The molecule has 0 saturated heterocycles. The minimum atomic E-state index is -0.139. The van der Waals surface area contributed by atoms with E-state index in [1.54, 1.807) is 25.4 Å². The molecule has 0 saturated carbocycles. The fraction of sp³-hybridized carbons (Fsp3) is 0.143. The summed E-state index contributed by atoms with van der Waals surface area (Å²) in [5, 5.41) is 6.81. The van der Waals surface area contributed by atoms with E-state index in [1.165, 1.54) is 0 Å². The van der Waals surface area contributed by atoms with Crippen molar-refractivity contribution >= 4 is 29.0 Å². The van der Waals surface area contributed by atoms with Gasteiger partial charge in [0.05, 0.1) is 7.11 Å². The van der Waals surface area contributed by atoms with Crippen molar-refractivity contribution in [2.45, 2.75) is 6.42 Å². The summed E-state index contributed by atoms with van der Waals surface area (Å²) in [6.07, 6.45) is 2.35. The third-order valence-electron chi connectivity index (χ3n) is 3.98. The van der Waals surface area contributed by atoms with Gasteiger partial charge >= 0.3 is 0 Å². The normalized spacial score (nSPS) is 10.3. The summed E-state index contributed by atoms with van der Waals surface area (Å²) in [6, 6.07) is 18.5. The van der Waals surface area contributed by atoms with E-state index in [2.05, 4.69) is 15.6 Å². The summed E-state index contributed by atoms with van der Waals surface area (Å²) in [4.78, 5) is 16.7. The van der Waals surface area contributed by atoms with Crippen LogP contribution in [0.15, 0.2) is 66.9 Å². The molecule has 3 aromatic rings. The number of amides is 1. The van der Waals surface area contributed by atoms with Crippen LogP contribution in [0.1, 0.15) is 15.9 Å². The van der Waals surface area contributed by atoms with Crippen LogP contribution in [-0.2, 0) is 6.42 Å². The molecule has 138 valence electrons. The number of carbonyl (C=O) groups excluding carboxylic acids is 1. The fourth-order valence-corrected chi connectivity index (χ4v) is 2.69. The topological polar surface area (TPSA) is 63.2 Å². The van der Waals surface area contributed by atoms with Crippen molar-refractivity contribution in [2.24, 2.45) is 0 Å². The first-order valence-electron chi connectivity index (χ1n) is 8.54. The van der Waals surface area contributed by atoms with Gasteiger partial charge in [-0.15, -0.1) is 0 Å². The maximum atomic E-state index is 12.4. The second-order valence-electron chi connectivity index (χ2n) is 5.92. The Labute approximate surface area is 163 Å². The first-order chi connectivity index (χ1) is 13.1. The summed E-state index contributed by atoms with van der Waals surface area (Å²) in [5.41, 5.74) is 2.50. The Kier molecular flexibility index (Phi) is 6.28. The molecule has 5 nitrogen and oxygen atoms in total. The highest BCUT2D eigenvalue weighted by molar-refractivity contribution is 6.30. The van der Waals surface area contributed by atoms with E-state index >= 15 is 0 Å². The molecule has 3 rings (SSSR count). The smallest absolute Gasteiger partial charge is 0.251 e. The lowest BCUT2D eigenvalue weighted by Crippen LogP contribution is -2.25. The third-order valence-corrected chi connectivity index (χ3v) is 4.23. The Morgan fingerprint density at radius 2 is 1.93 bits per heavy atom. The predicted molar refractivity (Wildman–Crippen MR) is 108 cm³/mol. The van der Waals surface area contributed by atoms with Crippen LogP contribution in [-0.4, -0.2) is 24.5 Å². The standard InChI is InChI=1S/C21H20ClN3O2/c1-27-19-4-2-3-18(14-19)25-20-13-16(10-12-23-20)21(26)24-11-9-15-5-7-17(22)8-6-15/h2-8,10,12-14H,9,11H2,1H3,(H,23,25)(H,24,26). The van der Waals surface area contributed by atoms with Crippen molar-refractivity contribution < 1.29 is 9.53 Å². The van der Waals surface area contributed by atoms with E-state index in [0.717, 1.165) is 23.4 Å². The highest BCUT2D eigenvalue weighted by Crippen LogP contribution is 2.20. The Bertz CT molecular complexity index is 913. The average Bonchev–Trinajstić information content (AvgIpc) is 2.70. The minimum absolute atomic E-state index is 0.139. The van der Waals surface area contributed by atoms with Crippen LogP contribution in [0.4, 0.5) is 11.5 Å². The number of hydrogen-bond acceptors (Lipinski definition) is 4. The van der Waals surface area contributed by atoms with E-state index in [-0.39, 0.29) is 5.91 Å². The van der Waals surface area contributed by atoms with Crippen LogP contribution in [0.25, 0.3) is 0 Å². The summed E-state index contributed by atoms with van der Waals surface area (Å²) < 4.78 is 5.21. The Morgan fingerprint density at radius 3 is 2.70 bits per heavy atom. The zero-order chi connectivity index (χ0) is 19.1. The first kappa shape index (κ1) is 18.7. The van der Waals surface area contributed by atoms with Gasteiger partial charge in [0.1, 0.15) is 11.6 Å². The molecule has 0 bridgehead atoms. The average molecular weight is 382 g/mol. The van der Waals surface area contributed by atoms with Crippen LogP contribution < -0.4 is 15.4 Å². The van der Waals surface area contributed by atoms with Gasteiger partial charge in [-0.3, -0.25) is 4.79 Å². The van der Waals surface area contributed by atoms with Gasteiger partial charge in [0.15, 0.2) is 0 Å². The van der Waals surface area contributed by atoms with Gasteiger partial charge in [-0.05, 0) is 48.4 Å². The van der Waals surface area contributed by atoms with E-state index in [1.807, 2.05) is 48.5 Å². The molecule has 0 spiro atoms. The van der Waals surface area contributed by atoms with Crippen LogP contribution in [0.5, 0.6) is 5.75 Å². The Hall–Kier alpha value is -3.05. The van der Waals surface area contributed by atoms with Crippen molar-refractivity contribution in [3.05, 3.63) is 83.0 Å². The van der Waals surface area contributed by atoms with Gasteiger partial charge < -0.3 is 15.4 Å². The number of aromatic nitrogens is 1. The van der Waals surface area contributed by atoms with Crippen molar-refractivity contribution in [1.29, 1.82) is 0 Å². The molecule has 2 aromatic carbocycles. The molecule has 0 atom stereocenters. The molecule has 0 aliphatic rings. The number of ether oxygens (including phenoxy) is 1. The van der Waals surface area contributed by atoms with Gasteiger partial charge in [0.25, 0.3) is 5.91 Å². The number of carbonyl (C=O) groups is 1. The predicted octanol–water partition coefficient (Wildman–Crippen LogP) is 4.46. The lowest BCUT2D eigenvalue weighted by atomic mass is 10.1. The van der Waals surface area contributed by atoms with E-state index in [9.17, 15) is 4.79 Å². The fourth-order valence-electron chi connectivity index (χ4n) is 2.56. The van der Waals surface area contributed by atoms with Crippen molar-refractivity contribution in [1.82, 2.24) is 10.3 Å². The van der Waals surface area contributed by atoms with Crippen LogP contribution in [0.3, 0.4) is 0 Å². The molecule has 0 unspecified atom stereocenters. The number of nitrogens with one attached hydrogen (secondary N) is 2. The van der Waals surface area contributed by atoms with Crippen LogP contribution in [0, 0.1) is 0 Å². The monoisotopic (exact) mass is 381 g/mol. The number of methoxy groups -OCH3 is 1. The number of rotatable bonds is 7. The molecule has 1 heterocycles. The van der Waals surface area contributed by atoms with Gasteiger partial charge in [-0.25, -0.2) is 4.98 Å². The maximum Gasteiger partial charge on any atom is 0.251 e. The summed E-state index contributed by atoms with van der Waals surface area (Å²) in [7, 11) is 1.62. The van der Waals surface area contributed by atoms with Crippen molar-refractivity contribution in [2.75, 3.05) is 19.0 Å². The number of halogens is 1. The van der Waals surface area contributed by atoms with E-state index < -0.39 is 0 Å². The lowest BCUT2D eigenvalue weighted by Gasteiger charge is -2.09. The molecule has 27 heavy (non-hydrogen) atoms. The largest absolute Gasteiger partial charge is 0.497 e. The van der Waals surface area contributed by atoms with Gasteiger partial charge in [0, 0.05) is 35.1 Å². The van der Waals surface area contributed by atoms with Crippen molar-refractivity contribution in [3.63, 3.8) is 0 Å². The lowest BCUT2D eigenvalue weighted by molar-refractivity contribution is 0.0954. The summed E-state index contributed by atoms with van der Waals surface area (Å²) in [5.74, 6) is 1.20. The molecule has 0 aliphatic carbocycles. The highest BCUT2D eigenvalue weighted by Gasteiger charge is 2.07. The summed E-state index contributed by atoms with van der Waals surface area (Å²) in [6.45, 7) is 0.543. The molecular weight excluding hydrogens is 362 g/mol. The Balaban J connectivity index is 1.58. The molecule has 0 fully saturated rings. The molecule has 2 N–H and O–H groups in total. The molecule has 6 heteroatoms. The number of anilines is 2. The molecule has 1 aromatic heterocycles. The quantitative estimate of drug-likeness (QED) is 0.634. The van der Waals surface area contributed by atoms with Crippen LogP contribution >= 0.6 is 11.6 Å². The minimum Gasteiger partial charge on any atom is -0.497 e. The molecule has 0 radical (unpaired) electrons. The molecular formula is C21H20ClN3O2. The second kappa shape index (κ2) is 9.05. The zero-order valence-electron chi connectivity index (χ0n) is 14.9. The van der Waals surface area contributed by atoms with Gasteiger partial charge in [-0.2, -0.15) is 0 Å². The SMILES string of the molecule is COc1cccc(Nc2cc(C(=O)NCCc3ccc(Cl)cc3)ccn2)c1. The van der Waals surface area contributed by atoms with Crippen molar-refractivity contribution in [3.8, 4) is 5.75 Å². The van der Waals surface area contributed by atoms with E-state index in [0.29, 0.717) is 22.9 Å². The number of pyridine rings is 1. The number of nitrogens with zero attached hydrogens (tertiary/aromatic N) is 1. The molecule has 0 aliphatic heterocycles. The highest BCUT2D eigenvalue weighted by atomic mass is 35.5. The Morgan fingerprint density at radius 1 is 1.11 bits per heavy atom.